The number of hydrogen-bond acceptors (Lipinski definition) is 4. The van der Waals surface area contributed by atoms with Crippen LogP contribution in [0, 0.1) is 27.7 Å². The molecule has 150 valence electrons. The molecule has 0 spiro atoms. The van der Waals surface area contributed by atoms with Crippen LogP contribution in [-0.2, 0) is 0 Å². The molecule has 0 bridgehead atoms. The number of nitrogens with zero attached hydrogens (tertiary/aromatic N) is 4. The van der Waals surface area contributed by atoms with E-state index in [-0.39, 0.29) is 11.6 Å². The summed E-state index contributed by atoms with van der Waals surface area (Å²) in [4.78, 5) is 17.4. The van der Waals surface area contributed by atoms with Gasteiger partial charge in [0.2, 0.25) is 0 Å². The largest absolute Gasteiger partial charge is 0.320 e. The zero-order valence-corrected chi connectivity index (χ0v) is 17.5. The molecule has 1 N–H and O–H groups in total. The van der Waals surface area contributed by atoms with E-state index in [1.807, 2.05) is 69.3 Å². The van der Waals surface area contributed by atoms with Gasteiger partial charge in [0.1, 0.15) is 5.69 Å². The monoisotopic (exact) mass is 397 g/mol. The van der Waals surface area contributed by atoms with Crippen LogP contribution in [0.25, 0.3) is 16.9 Å². The Morgan fingerprint density at radius 3 is 2.50 bits per heavy atom. The van der Waals surface area contributed by atoms with Gasteiger partial charge in [-0.1, -0.05) is 23.4 Å². The summed E-state index contributed by atoms with van der Waals surface area (Å²) in [6.45, 7) is 8.11. The van der Waals surface area contributed by atoms with E-state index in [1.165, 1.54) is 5.56 Å². The number of hydrogen-bond donors (Lipinski definition) is 1. The molecule has 0 radical (unpaired) electrons. The first-order valence-corrected chi connectivity index (χ1v) is 9.77. The van der Waals surface area contributed by atoms with Crippen molar-refractivity contribution >= 4 is 11.6 Å². The van der Waals surface area contributed by atoms with E-state index < -0.39 is 0 Å². The minimum atomic E-state index is -0.308. The van der Waals surface area contributed by atoms with Gasteiger partial charge in [0.15, 0.2) is 5.69 Å². The lowest BCUT2D eigenvalue weighted by molar-refractivity contribution is 0.102. The number of carbonyl (C=O) groups is 1. The number of rotatable bonds is 4. The number of pyridine rings is 1. The van der Waals surface area contributed by atoms with Crippen molar-refractivity contribution in [3.63, 3.8) is 0 Å². The Morgan fingerprint density at radius 1 is 0.933 bits per heavy atom. The minimum Gasteiger partial charge on any atom is -0.320 e. The highest BCUT2D eigenvalue weighted by Crippen LogP contribution is 2.27. The van der Waals surface area contributed by atoms with Crippen molar-refractivity contribution < 1.29 is 4.79 Å². The second-order valence-electron chi connectivity index (χ2n) is 7.41. The van der Waals surface area contributed by atoms with Gasteiger partial charge in [0.05, 0.1) is 5.69 Å². The van der Waals surface area contributed by atoms with Crippen LogP contribution >= 0.6 is 0 Å². The zero-order valence-electron chi connectivity index (χ0n) is 17.5. The van der Waals surface area contributed by atoms with E-state index in [9.17, 15) is 4.79 Å². The van der Waals surface area contributed by atoms with Crippen LogP contribution < -0.4 is 5.32 Å². The first-order chi connectivity index (χ1) is 14.5. The molecule has 2 aromatic carbocycles. The van der Waals surface area contributed by atoms with Crippen molar-refractivity contribution in [3.8, 4) is 16.9 Å². The molecule has 0 saturated heterocycles. The van der Waals surface area contributed by atoms with Gasteiger partial charge < -0.3 is 5.32 Å². The van der Waals surface area contributed by atoms with Crippen molar-refractivity contribution in [1.82, 2.24) is 20.0 Å². The van der Waals surface area contributed by atoms with Crippen molar-refractivity contribution in [2.75, 3.05) is 5.32 Å². The van der Waals surface area contributed by atoms with Gasteiger partial charge in [-0.25, -0.2) is 4.68 Å². The highest BCUT2D eigenvalue weighted by atomic mass is 16.2. The van der Waals surface area contributed by atoms with Crippen molar-refractivity contribution in [1.29, 1.82) is 0 Å². The fourth-order valence-electron chi connectivity index (χ4n) is 3.30. The lowest BCUT2D eigenvalue weighted by atomic mass is 10.1. The summed E-state index contributed by atoms with van der Waals surface area (Å²) in [6.07, 6.45) is 3.41. The Hall–Kier alpha value is -3.80. The number of amides is 1. The highest BCUT2D eigenvalue weighted by molar-refractivity contribution is 6.07. The molecule has 6 heteroatoms. The van der Waals surface area contributed by atoms with Gasteiger partial charge in [0.25, 0.3) is 5.91 Å². The second-order valence-corrected chi connectivity index (χ2v) is 7.41. The van der Waals surface area contributed by atoms with E-state index >= 15 is 0 Å². The predicted molar refractivity (Wildman–Crippen MR) is 118 cm³/mol. The van der Waals surface area contributed by atoms with Crippen LogP contribution in [0.4, 0.5) is 5.69 Å². The smallest absolute Gasteiger partial charge is 0.278 e. The van der Waals surface area contributed by atoms with Crippen molar-refractivity contribution in [3.05, 3.63) is 88.9 Å². The average Bonchev–Trinajstić information content (AvgIpc) is 3.19. The van der Waals surface area contributed by atoms with Crippen LogP contribution in [0.1, 0.15) is 32.7 Å². The van der Waals surface area contributed by atoms with Crippen LogP contribution in [0.5, 0.6) is 0 Å². The second kappa shape index (κ2) is 7.91. The van der Waals surface area contributed by atoms with Crippen LogP contribution in [0.2, 0.25) is 0 Å². The third-order valence-electron chi connectivity index (χ3n) is 5.41. The number of nitrogens with one attached hydrogen (secondary N) is 1. The van der Waals surface area contributed by atoms with Crippen LogP contribution in [-0.4, -0.2) is 25.9 Å². The van der Waals surface area contributed by atoms with E-state index in [4.69, 9.17) is 0 Å². The average molecular weight is 397 g/mol. The lowest BCUT2D eigenvalue weighted by Crippen LogP contribution is -2.15. The molecule has 2 aromatic heterocycles. The number of benzene rings is 2. The summed E-state index contributed by atoms with van der Waals surface area (Å²) in [5.41, 5.74) is 7.70. The summed E-state index contributed by atoms with van der Waals surface area (Å²) in [5.74, 6) is -0.308. The summed E-state index contributed by atoms with van der Waals surface area (Å²) in [5, 5.41) is 11.5. The summed E-state index contributed by atoms with van der Waals surface area (Å²) in [7, 11) is 0. The first kappa shape index (κ1) is 19.5. The molecule has 0 fully saturated rings. The van der Waals surface area contributed by atoms with E-state index in [1.54, 1.807) is 17.1 Å². The highest BCUT2D eigenvalue weighted by Gasteiger charge is 2.23. The van der Waals surface area contributed by atoms with E-state index in [0.29, 0.717) is 5.69 Å². The molecule has 0 unspecified atom stereocenters. The van der Waals surface area contributed by atoms with Gasteiger partial charge in [0, 0.05) is 23.6 Å². The number of carbonyl (C=O) groups excluding carboxylic acids is 1. The Morgan fingerprint density at radius 2 is 1.77 bits per heavy atom. The van der Waals surface area contributed by atoms with Crippen LogP contribution in [0.3, 0.4) is 0 Å². The molecular formula is C24H23N5O. The Labute approximate surface area is 175 Å². The zero-order chi connectivity index (χ0) is 21.3. The molecule has 1 amide bonds. The fourth-order valence-corrected chi connectivity index (χ4v) is 3.30. The summed E-state index contributed by atoms with van der Waals surface area (Å²) < 4.78 is 1.70. The molecule has 0 aliphatic heterocycles. The molecule has 30 heavy (non-hydrogen) atoms. The predicted octanol–water partition coefficient (Wildman–Crippen LogP) is 4.82. The topological polar surface area (TPSA) is 72.7 Å². The molecular weight excluding hydrogens is 374 g/mol. The number of aromatic nitrogens is 4. The standard InChI is InChI=1S/C24H23N5O/c1-15-10-11-20(13-17(15)3)29-23(19-8-6-12-25-14-19)22(27-28-29)24(30)26-21-9-5-7-16(2)18(21)4/h5-14H,1-4H3,(H,26,30). The Kier molecular flexibility index (Phi) is 5.14. The van der Waals surface area contributed by atoms with Crippen LogP contribution in [0.15, 0.2) is 60.9 Å². The number of anilines is 1. The van der Waals surface area contributed by atoms with Gasteiger partial charge >= 0.3 is 0 Å². The van der Waals surface area contributed by atoms with E-state index in [2.05, 4.69) is 27.5 Å². The molecule has 0 saturated carbocycles. The van der Waals surface area contributed by atoms with Gasteiger partial charge in [-0.15, -0.1) is 5.10 Å². The summed E-state index contributed by atoms with van der Waals surface area (Å²) >= 11 is 0. The quantitative estimate of drug-likeness (QED) is 0.536. The minimum absolute atomic E-state index is 0.252. The maximum atomic E-state index is 13.2. The maximum absolute atomic E-state index is 13.2. The van der Waals surface area contributed by atoms with Crippen molar-refractivity contribution in [2.45, 2.75) is 27.7 Å². The summed E-state index contributed by atoms with van der Waals surface area (Å²) in [6, 6.07) is 15.6. The van der Waals surface area contributed by atoms with Gasteiger partial charge in [-0.3, -0.25) is 9.78 Å². The molecule has 0 aliphatic rings. The SMILES string of the molecule is Cc1ccc(-n2nnc(C(=O)Nc3cccc(C)c3C)c2-c2cccnc2)cc1C. The molecule has 6 nitrogen and oxygen atoms in total. The Balaban J connectivity index is 1.82. The Bertz CT molecular complexity index is 1230. The van der Waals surface area contributed by atoms with Gasteiger partial charge in [-0.2, -0.15) is 0 Å². The molecule has 4 aromatic rings. The molecule has 2 heterocycles. The third-order valence-corrected chi connectivity index (χ3v) is 5.41. The maximum Gasteiger partial charge on any atom is 0.278 e. The third kappa shape index (κ3) is 3.59. The molecule has 0 aliphatic carbocycles. The van der Waals surface area contributed by atoms with Crippen molar-refractivity contribution in [2.24, 2.45) is 0 Å². The number of aryl methyl sites for hydroxylation is 3. The lowest BCUT2D eigenvalue weighted by Gasteiger charge is -2.12. The van der Waals surface area contributed by atoms with E-state index in [0.717, 1.165) is 33.6 Å². The fraction of sp³-hybridized carbons (Fsp3) is 0.167. The molecule has 4 rings (SSSR count). The van der Waals surface area contributed by atoms with Gasteiger partial charge in [-0.05, 0) is 80.3 Å². The first-order valence-electron chi connectivity index (χ1n) is 9.77. The molecule has 0 atom stereocenters. The normalized spacial score (nSPS) is 10.8.